The smallest absolute Gasteiger partial charge is 0.181 e. The Morgan fingerprint density at radius 1 is 0.867 bits per heavy atom. The van der Waals surface area contributed by atoms with Gasteiger partial charge >= 0.3 is 0 Å². The largest absolute Gasteiger partial charge is 0.375 e. The number of anilines is 2. The summed E-state index contributed by atoms with van der Waals surface area (Å²) in [7, 11) is 0. The van der Waals surface area contributed by atoms with Gasteiger partial charge in [-0.25, -0.2) is 15.0 Å². The molecule has 0 saturated carbocycles. The van der Waals surface area contributed by atoms with Gasteiger partial charge in [0.15, 0.2) is 11.0 Å². The highest BCUT2D eigenvalue weighted by Gasteiger charge is 2.15. The molecule has 0 aliphatic heterocycles. The van der Waals surface area contributed by atoms with Crippen LogP contribution in [-0.2, 0) is 6.54 Å². The Balaban J connectivity index is 1.68. The zero-order valence-electron chi connectivity index (χ0n) is 16.0. The number of thiazole rings is 1. The molecule has 6 nitrogen and oxygen atoms in total. The summed E-state index contributed by atoms with van der Waals surface area (Å²) in [5.41, 5.74) is 10.5. The zero-order chi connectivity index (χ0) is 20.3. The van der Waals surface area contributed by atoms with Crippen molar-refractivity contribution in [2.75, 3.05) is 11.1 Å². The van der Waals surface area contributed by atoms with E-state index in [9.17, 15) is 0 Å². The number of nitrogens with two attached hydrogens (primary N) is 1. The fraction of sp³-hybridized carbons (Fsp3) is 0.0435. The summed E-state index contributed by atoms with van der Waals surface area (Å²) in [4.78, 5) is 18.4. The van der Waals surface area contributed by atoms with Gasteiger partial charge in [0.25, 0.3) is 0 Å². The van der Waals surface area contributed by atoms with Crippen molar-refractivity contribution in [3.63, 3.8) is 0 Å². The number of rotatable bonds is 5. The van der Waals surface area contributed by atoms with Crippen LogP contribution in [0.1, 0.15) is 5.69 Å². The van der Waals surface area contributed by atoms with Crippen LogP contribution in [0.3, 0.4) is 0 Å². The molecule has 0 aliphatic rings. The Hall–Kier alpha value is -3.84. The fourth-order valence-electron chi connectivity index (χ4n) is 3.35. The average molecular weight is 411 g/mol. The summed E-state index contributed by atoms with van der Waals surface area (Å²) in [6, 6.07) is 22.2. The molecule has 3 N–H and O–H groups in total. The maximum Gasteiger partial charge on any atom is 0.181 e. The van der Waals surface area contributed by atoms with Crippen molar-refractivity contribution in [3.8, 4) is 22.6 Å². The van der Waals surface area contributed by atoms with Gasteiger partial charge in [0.1, 0.15) is 11.5 Å². The second kappa shape index (κ2) is 7.88. The number of benzene rings is 2. The maximum absolute atomic E-state index is 5.83. The molecular formula is C23H18N6S. The minimum absolute atomic E-state index is 0.495. The molecule has 2 aromatic carbocycles. The van der Waals surface area contributed by atoms with Gasteiger partial charge < -0.3 is 11.1 Å². The standard InChI is InChI=1S/C23H18N6S/c24-23-28-19(14-30-23)21-27-18-11-6-10-17(15-7-2-1-3-8-15)20(18)22(29-21)26-13-16-9-4-5-12-25-16/h1-12,14H,13H2,(H2,24,28)(H,26,27,29). The summed E-state index contributed by atoms with van der Waals surface area (Å²) in [5.74, 6) is 1.29. The van der Waals surface area contributed by atoms with Crippen LogP contribution in [0, 0.1) is 0 Å². The lowest BCUT2D eigenvalue weighted by atomic mass is 10.0. The van der Waals surface area contributed by atoms with Crippen LogP contribution in [0.15, 0.2) is 78.3 Å². The van der Waals surface area contributed by atoms with Crippen LogP contribution in [0.5, 0.6) is 0 Å². The van der Waals surface area contributed by atoms with Crippen molar-refractivity contribution >= 4 is 33.2 Å². The molecule has 7 heteroatoms. The first kappa shape index (κ1) is 18.2. The second-order valence-corrected chi connectivity index (χ2v) is 7.60. The van der Waals surface area contributed by atoms with E-state index in [1.807, 2.05) is 53.9 Å². The second-order valence-electron chi connectivity index (χ2n) is 6.71. The molecule has 3 heterocycles. The van der Waals surface area contributed by atoms with E-state index in [0.29, 0.717) is 23.2 Å². The number of pyridine rings is 1. The summed E-state index contributed by atoms with van der Waals surface area (Å²) in [6.45, 7) is 0.550. The first-order chi connectivity index (χ1) is 14.8. The van der Waals surface area contributed by atoms with E-state index in [1.54, 1.807) is 6.20 Å². The summed E-state index contributed by atoms with van der Waals surface area (Å²) >= 11 is 1.38. The van der Waals surface area contributed by atoms with Crippen LogP contribution in [-0.4, -0.2) is 19.9 Å². The molecule has 0 saturated heterocycles. The first-order valence-corrected chi connectivity index (χ1v) is 10.4. The van der Waals surface area contributed by atoms with Gasteiger partial charge in [-0.3, -0.25) is 4.98 Å². The summed E-state index contributed by atoms with van der Waals surface area (Å²) in [5, 5.41) is 6.80. The predicted octanol–water partition coefficient (Wildman–Crippen LogP) is 5.01. The molecule has 0 amide bonds. The number of aromatic nitrogens is 4. The van der Waals surface area contributed by atoms with Crippen LogP contribution in [0.4, 0.5) is 10.9 Å². The molecule has 30 heavy (non-hydrogen) atoms. The summed E-state index contributed by atoms with van der Waals surface area (Å²) < 4.78 is 0. The van der Waals surface area contributed by atoms with Gasteiger partial charge in [-0.15, -0.1) is 11.3 Å². The Kier molecular flexibility index (Phi) is 4.78. The SMILES string of the molecule is Nc1nc(-c2nc(NCc3ccccn3)c3c(-c4ccccc4)cccc3n2)cs1. The molecule has 0 bridgehead atoms. The highest BCUT2D eigenvalue weighted by atomic mass is 32.1. The predicted molar refractivity (Wildman–Crippen MR) is 122 cm³/mol. The van der Waals surface area contributed by atoms with Crippen molar-refractivity contribution in [2.45, 2.75) is 6.54 Å². The average Bonchev–Trinajstić information content (AvgIpc) is 3.24. The van der Waals surface area contributed by atoms with Crippen molar-refractivity contribution in [2.24, 2.45) is 0 Å². The molecule has 3 aromatic heterocycles. The van der Waals surface area contributed by atoms with Crippen molar-refractivity contribution < 1.29 is 0 Å². The lowest BCUT2D eigenvalue weighted by molar-refractivity contribution is 1.03. The van der Waals surface area contributed by atoms with E-state index in [-0.39, 0.29) is 0 Å². The Bertz CT molecular complexity index is 1300. The Morgan fingerprint density at radius 2 is 1.73 bits per heavy atom. The van der Waals surface area contributed by atoms with Crippen molar-refractivity contribution in [1.29, 1.82) is 0 Å². The van der Waals surface area contributed by atoms with E-state index < -0.39 is 0 Å². The molecule has 0 radical (unpaired) electrons. The third kappa shape index (κ3) is 3.58. The minimum atomic E-state index is 0.495. The normalized spacial score (nSPS) is 10.9. The zero-order valence-corrected chi connectivity index (χ0v) is 16.8. The maximum atomic E-state index is 5.83. The van der Waals surface area contributed by atoms with Crippen LogP contribution >= 0.6 is 11.3 Å². The fourth-order valence-corrected chi connectivity index (χ4v) is 3.89. The third-order valence-corrected chi connectivity index (χ3v) is 5.40. The van der Waals surface area contributed by atoms with Crippen LogP contribution in [0.2, 0.25) is 0 Å². The molecule has 0 aliphatic carbocycles. The topological polar surface area (TPSA) is 89.6 Å². The highest BCUT2D eigenvalue weighted by Crippen LogP contribution is 2.34. The van der Waals surface area contributed by atoms with E-state index in [2.05, 4.69) is 33.5 Å². The van der Waals surface area contributed by atoms with Crippen LogP contribution < -0.4 is 11.1 Å². The van der Waals surface area contributed by atoms with E-state index in [0.717, 1.165) is 33.5 Å². The van der Waals surface area contributed by atoms with Gasteiger partial charge in [-0.1, -0.05) is 48.5 Å². The number of fused-ring (bicyclic) bond motifs is 1. The Morgan fingerprint density at radius 3 is 2.50 bits per heavy atom. The monoisotopic (exact) mass is 410 g/mol. The highest BCUT2D eigenvalue weighted by molar-refractivity contribution is 7.13. The quantitative estimate of drug-likeness (QED) is 0.423. The van der Waals surface area contributed by atoms with Gasteiger partial charge in [-0.05, 0) is 29.3 Å². The Labute approximate surface area is 177 Å². The van der Waals surface area contributed by atoms with E-state index in [4.69, 9.17) is 15.7 Å². The molecule has 146 valence electrons. The van der Waals surface area contributed by atoms with Gasteiger partial charge in [-0.2, -0.15) is 0 Å². The minimum Gasteiger partial charge on any atom is -0.375 e. The molecule has 0 fully saturated rings. The number of nitrogen functional groups attached to an aromatic ring is 1. The number of nitrogens with one attached hydrogen (secondary N) is 1. The van der Waals surface area contributed by atoms with Crippen LogP contribution in [0.25, 0.3) is 33.5 Å². The third-order valence-electron chi connectivity index (χ3n) is 4.72. The molecule has 0 unspecified atom stereocenters. The van der Waals surface area contributed by atoms with E-state index in [1.165, 1.54) is 11.3 Å². The number of hydrogen-bond acceptors (Lipinski definition) is 7. The lowest BCUT2D eigenvalue weighted by Gasteiger charge is -2.14. The molecular weight excluding hydrogens is 392 g/mol. The first-order valence-electron chi connectivity index (χ1n) is 9.49. The van der Waals surface area contributed by atoms with Crippen molar-refractivity contribution in [1.82, 2.24) is 19.9 Å². The van der Waals surface area contributed by atoms with Gasteiger partial charge in [0.05, 0.1) is 23.1 Å². The van der Waals surface area contributed by atoms with E-state index >= 15 is 0 Å². The lowest BCUT2D eigenvalue weighted by Crippen LogP contribution is -2.06. The molecule has 0 spiro atoms. The number of hydrogen-bond donors (Lipinski definition) is 2. The molecule has 5 aromatic rings. The van der Waals surface area contributed by atoms with Crippen molar-refractivity contribution in [3.05, 3.63) is 84.0 Å². The molecule has 0 atom stereocenters. The number of nitrogens with zero attached hydrogens (tertiary/aromatic N) is 4. The van der Waals surface area contributed by atoms with Gasteiger partial charge in [0, 0.05) is 11.6 Å². The van der Waals surface area contributed by atoms with Gasteiger partial charge in [0.2, 0.25) is 0 Å². The molecule has 5 rings (SSSR count). The summed E-state index contributed by atoms with van der Waals surface area (Å²) in [6.07, 6.45) is 1.79.